The number of hydrogen-bond donors (Lipinski definition) is 2. The summed E-state index contributed by atoms with van der Waals surface area (Å²) >= 11 is 0. The maximum Gasteiger partial charge on any atom is 0.225 e. The van der Waals surface area contributed by atoms with Gasteiger partial charge in [0.15, 0.2) is 0 Å². The Labute approximate surface area is 188 Å². The van der Waals surface area contributed by atoms with Crippen LogP contribution in [0.25, 0.3) is 0 Å². The zero-order valence-corrected chi connectivity index (χ0v) is 20.2. The molecule has 2 N–H and O–H groups in total. The lowest BCUT2D eigenvalue weighted by Gasteiger charge is -2.56. The van der Waals surface area contributed by atoms with E-state index in [0.717, 1.165) is 51.6 Å². The molecule has 7 atom stereocenters. The van der Waals surface area contributed by atoms with Crippen LogP contribution in [0.1, 0.15) is 72.6 Å². The molecule has 3 rings (SSSR count). The van der Waals surface area contributed by atoms with Gasteiger partial charge in [0.05, 0.1) is 12.7 Å². The molecule has 0 aromatic carbocycles. The quantitative estimate of drug-likeness (QED) is 0.670. The molecule has 1 saturated heterocycles. The van der Waals surface area contributed by atoms with E-state index in [1.807, 2.05) is 11.8 Å². The summed E-state index contributed by atoms with van der Waals surface area (Å²) < 4.78 is 5.03. The zero-order valence-electron chi connectivity index (χ0n) is 20.2. The van der Waals surface area contributed by atoms with Gasteiger partial charge in [-0.1, -0.05) is 27.7 Å². The molecule has 0 radical (unpaired) electrons. The number of fused-ring (bicyclic) bond motifs is 1. The van der Waals surface area contributed by atoms with Crippen molar-refractivity contribution in [2.24, 2.45) is 35.0 Å². The van der Waals surface area contributed by atoms with Crippen LogP contribution >= 0.6 is 0 Å². The predicted octanol–water partition coefficient (Wildman–Crippen LogP) is 3.23. The van der Waals surface area contributed by atoms with Gasteiger partial charge in [-0.05, 0) is 67.6 Å². The van der Waals surface area contributed by atoms with Gasteiger partial charge in [-0.25, -0.2) is 0 Å². The molecule has 0 aromatic heterocycles. The molecule has 7 unspecified atom stereocenters. The van der Waals surface area contributed by atoms with Crippen LogP contribution in [0, 0.1) is 35.0 Å². The fourth-order valence-electron chi connectivity index (χ4n) is 6.67. The number of likely N-dealkylation sites (tertiary alicyclic amines) is 1. The second kappa shape index (κ2) is 10.2. The Hall–Kier alpha value is -1.14. The van der Waals surface area contributed by atoms with Crippen LogP contribution in [0.3, 0.4) is 0 Å². The number of carbonyl (C=O) groups excluding carboxylic acids is 2. The van der Waals surface area contributed by atoms with E-state index in [1.165, 1.54) is 0 Å². The first kappa shape index (κ1) is 24.5. The molecule has 0 aromatic rings. The van der Waals surface area contributed by atoms with Gasteiger partial charge in [0, 0.05) is 38.6 Å². The van der Waals surface area contributed by atoms with Crippen molar-refractivity contribution in [1.82, 2.24) is 10.2 Å². The average molecular weight is 437 g/mol. The molecule has 178 valence electrons. The van der Waals surface area contributed by atoms with Gasteiger partial charge < -0.3 is 20.1 Å². The molecule has 2 saturated carbocycles. The fourth-order valence-corrected chi connectivity index (χ4v) is 6.67. The average Bonchev–Trinajstić information content (AvgIpc) is 2.74. The molecular formula is C25H44N2O4. The summed E-state index contributed by atoms with van der Waals surface area (Å²) in [7, 11) is 1.60. The number of aliphatic hydroxyl groups is 1. The number of methoxy groups -OCH3 is 1. The summed E-state index contributed by atoms with van der Waals surface area (Å²) in [5.74, 6) is 1.05. The Morgan fingerprint density at radius 3 is 2.45 bits per heavy atom. The van der Waals surface area contributed by atoms with Crippen LogP contribution in [-0.2, 0) is 14.3 Å². The fraction of sp³-hybridized carbons (Fsp3) is 0.920. The maximum absolute atomic E-state index is 13.2. The van der Waals surface area contributed by atoms with Gasteiger partial charge in [0.2, 0.25) is 11.8 Å². The minimum Gasteiger partial charge on any atom is -0.392 e. The number of nitrogens with one attached hydrogen (secondary N) is 1. The molecule has 3 aliphatic rings. The summed E-state index contributed by atoms with van der Waals surface area (Å²) in [6.07, 6.45) is 5.92. The van der Waals surface area contributed by atoms with Crippen LogP contribution < -0.4 is 5.32 Å². The zero-order chi connectivity index (χ0) is 22.8. The first-order valence-corrected chi connectivity index (χ1v) is 12.4. The highest BCUT2D eigenvalue weighted by atomic mass is 16.5. The van der Waals surface area contributed by atoms with Gasteiger partial charge in [0.1, 0.15) is 0 Å². The van der Waals surface area contributed by atoms with Crippen molar-refractivity contribution in [3.05, 3.63) is 0 Å². The number of ether oxygens (including phenoxy) is 1. The van der Waals surface area contributed by atoms with E-state index in [1.54, 1.807) is 7.11 Å². The number of carbonyl (C=O) groups is 2. The lowest BCUT2D eigenvalue weighted by Crippen LogP contribution is -2.58. The van der Waals surface area contributed by atoms with E-state index in [-0.39, 0.29) is 46.9 Å². The van der Waals surface area contributed by atoms with Crippen molar-refractivity contribution in [3.8, 4) is 0 Å². The molecule has 6 nitrogen and oxygen atoms in total. The number of hydrogen-bond acceptors (Lipinski definition) is 4. The van der Waals surface area contributed by atoms with Crippen molar-refractivity contribution in [1.29, 1.82) is 0 Å². The van der Waals surface area contributed by atoms with Crippen LogP contribution in [0.5, 0.6) is 0 Å². The van der Waals surface area contributed by atoms with Crippen molar-refractivity contribution in [2.75, 3.05) is 26.8 Å². The Balaban J connectivity index is 1.67. The van der Waals surface area contributed by atoms with Crippen molar-refractivity contribution in [3.63, 3.8) is 0 Å². The molecule has 0 bridgehead atoms. The number of nitrogens with zero attached hydrogens (tertiary/aromatic N) is 1. The van der Waals surface area contributed by atoms with Gasteiger partial charge in [-0.15, -0.1) is 0 Å². The number of amides is 2. The van der Waals surface area contributed by atoms with E-state index in [9.17, 15) is 14.7 Å². The van der Waals surface area contributed by atoms with Gasteiger partial charge in [-0.2, -0.15) is 0 Å². The molecule has 1 aliphatic heterocycles. The summed E-state index contributed by atoms with van der Waals surface area (Å²) in [4.78, 5) is 27.5. The Bertz CT molecular complexity index is 633. The highest BCUT2D eigenvalue weighted by Gasteiger charge is 2.54. The summed E-state index contributed by atoms with van der Waals surface area (Å²) in [5.41, 5.74) is 0.0758. The molecule has 2 amide bonds. The number of aliphatic hydroxyl groups excluding tert-OH is 1. The standard InChI is InChI=1S/C25H44N2O4/c1-16-8-13-27(14-9-16)24(30)17(2)19-6-11-25(4)12-7-20(18(3)22(25)23(19)29)26-21(28)10-15-31-5/h16-20,22-23,29H,6-15H2,1-5H3,(H,26,28). The van der Waals surface area contributed by atoms with Crippen LogP contribution in [0.2, 0.25) is 0 Å². The third kappa shape index (κ3) is 5.27. The topological polar surface area (TPSA) is 78.9 Å². The van der Waals surface area contributed by atoms with E-state index in [2.05, 4.69) is 26.1 Å². The smallest absolute Gasteiger partial charge is 0.225 e. The third-order valence-corrected chi connectivity index (χ3v) is 8.89. The lowest BCUT2D eigenvalue weighted by atomic mass is 9.51. The molecule has 1 heterocycles. The SMILES string of the molecule is COCCC(=O)NC1CCC2(C)CCC(C(C)C(=O)N3CCC(C)CC3)C(O)C2C1C. The summed E-state index contributed by atoms with van der Waals surface area (Å²) in [5, 5.41) is 14.7. The Morgan fingerprint density at radius 1 is 1.16 bits per heavy atom. The predicted molar refractivity (Wildman–Crippen MR) is 121 cm³/mol. The Kier molecular flexibility index (Phi) is 8.06. The maximum atomic E-state index is 13.2. The number of rotatable bonds is 6. The van der Waals surface area contributed by atoms with Crippen LogP contribution in [0.4, 0.5) is 0 Å². The minimum absolute atomic E-state index is 0.00434. The van der Waals surface area contributed by atoms with Crippen molar-refractivity contribution >= 4 is 11.8 Å². The molecule has 6 heteroatoms. The van der Waals surface area contributed by atoms with Gasteiger partial charge in [0.25, 0.3) is 0 Å². The third-order valence-electron chi connectivity index (χ3n) is 8.89. The van der Waals surface area contributed by atoms with Crippen LogP contribution in [0.15, 0.2) is 0 Å². The highest BCUT2D eigenvalue weighted by molar-refractivity contribution is 5.79. The molecule has 0 spiro atoms. The number of piperidine rings is 1. The van der Waals surface area contributed by atoms with E-state index in [0.29, 0.717) is 18.9 Å². The van der Waals surface area contributed by atoms with E-state index in [4.69, 9.17) is 4.74 Å². The van der Waals surface area contributed by atoms with Gasteiger partial charge in [-0.3, -0.25) is 9.59 Å². The monoisotopic (exact) mass is 436 g/mol. The summed E-state index contributed by atoms with van der Waals surface area (Å²) in [6.45, 7) is 10.9. The summed E-state index contributed by atoms with van der Waals surface area (Å²) in [6, 6.07) is 0.0745. The molecule has 3 fully saturated rings. The van der Waals surface area contributed by atoms with E-state index < -0.39 is 6.10 Å². The largest absolute Gasteiger partial charge is 0.392 e. The normalized spacial score (nSPS) is 37.7. The van der Waals surface area contributed by atoms with Crippen molar-refractivity contribution in [2.45, 2.75) is 84.8 Å². The first-order valence-electron chi connectivity index (χ1n) is 12.4. The van der Waals surface area contributed by atoms with Crippen LogP contribution in [-0.4, -0.2) is 60.8 Å². The van der Waals surface area contributed by atoms with E-state index >= 15 is 0 Å². The second-order valence-electron chi connectivity index (χ2n) is 11.0. The molecular weight excluding hydrogens is 392 g/mol. The molecule has 2 aliphatic carbocycles. The molecule has 31 heavy (non-hydrogen) atoms. The minimum atomic E-state index is -0.505. The lowest BCUT2D eigenvalue weighted by molar-refractivity contribution is -0.152. The first-order chi connectivity index (χ1) is 14.7. The second-order valence-corrected chi connectivity index (χ2v) is 11.0. The van der Waals surface area contributed by atoms with Crippen molar-refractivity contribution < 1.29 is 19.4 Å². The Morgan fingerprint density at radius 2 is 1.81 bits per heavy atom. The van der Waals surface area contributed by atoms with Gasteiger partial charge >= 0.3 is 0 Å². The highest BCUT2D eigenvalue weighted by Crippen LogP contribution is 2.55.